The Morgan fingerprint density at radius 3 is 1.90 bits per heavy atom. The van der Waals surface area contributed by atoms with Crippen LogP contribution < -0.4 is 32.0 Å². The van der Waals surface area contributed by atoms with Crippen molar-refractivity contribution in [2.75, 3.05) is 21.7 Å². The Morgan fingerprint density at radius 2 is 1.36 bits per heavy atom. The van der Waals surface area contributed by atoms with E-state index in [1.807, 2.05) is 0 Å². The topological polar surface area (TPSA) is 274 Å². The standard InChI is InChI=1S/C23H21N9O8S2/c1-12(33)26-14-2-4-16(18(10-14)41(35,36)37)27-15-3-5-17(19(11-15)42(38,39)40)28-22-29-21(25)30-23(31-22)32-8-6-13(7-9-32)20(24)34/h2-11H,24H2,1H3,(H6,25,26,28,29,30,31,33,34,35,36,37,38,39,40)/p+1. The number of pyridine rings is 1. The van der Waals surface area contributed by atoms with Crippen molar-refractivity contribution in [2.24, 2.45) is 5.73 Å². The molecule has 4 rings (SSSR count). The van der Waals surface area contributed by atoms with E-state index in [0.717, 1.165) is 12.1 Å². The molecule has 2 amide bonds. The van der Waals surface area contributed by atoms with Gasteiger partial charge in [-0.15, -0.1) is 4.98 Å². The quantitative estimate of drug-likeness (QED) is 0.101. The zero-order valence-electron chi connectivity index (χ0n) is 21.4. The van der Waals surface area contributed by atoms with Gasteiger partial charge < -0.3 is 27.4 Å². The maximum atomic E-state index is 12.3. The third-order valence-corrected chi connectivity index (χ3v) is 7.14. The Bertz CT molecular complexity index is 1930. The highest BCUT2D eigenvalue weighted by molar-refractivity contribution is 7.86. The van der Waals surface area contributed by atoms with Crippen LogP contribution in [0, 0.1) is 0 Å². The van der Waals surface area contributed by atoms with Crippen LogP contribution in [0.1, 0.15) is 17.3 Å². The third-order valence-electron chi connectivity index (χ3n) is 5.35. The minimum absolute atomic E-state index is 0.00633. The van der Waals surface area contributed by atoms with Gasteiger partial charge in [0.1, 0.15) is 9.79 Å². The lowest BCUT2D eigenvalue weighted by molar-refractivity contribution is -0.603. The molecular weight excluding hydrogens is 594 g/mol. The molecule has 0 spiro atoms. The first-order chi connectivity index (χ1) is 19.6. The summed E-state index contributed by atoms with van der Waals surface area (Å²) in [5.41, 5.74) is 11.0. The fourth-order valence-electron chi connectivity index (χ4n) is 3.59. The van der Waals surface area contributed by atoms with Crippen molar-refractivity contribution in [1.82, 2.24) is 15.0 Å². The van der Waals surface area contributed by atoms with E-state index in [2.05, 4.69) is 30.9 Å². The van der Waals surface area contributed by atoms with Crippen molar-refractivity contribution in [1.29, 1.82) is 0 Å². The molecule has 42 heavy (non-hydrogen) atoms. The maximum absolute atomic E-state index is 12.3. The number of carbonyl (C=O) groups is 2. The number of benzene rings is 2. The lowest BCUT2D eigenvalue weighted by Crippen LogP contribution is -2.33. The molecule has 0 aliphatic rings. The molecule has 0 fully saturated rings. The first-order valence-corrected chi connectivity index (χ1v) is 14.4. The Balaban J connectivity index is 1.69. The van der Waals surface area contributed by atoms with Crippen molar-refractivity contribution in [3.63, 3.8) is 0 Å². The van der Waals surface area contributed by atoms with Crippen LogP contribution in [-0.4, -0.2) is 52.7 Å². The summed E-state index contributed by atoms with van der Waals surface area (Å²) in [5.74, 6) is -1.60. The van der Waals surface area contributed by atoms with E-state index in [1.165, 1.54) is 60.3 Å². The van der Waals surface area contributed by atoms with Crippen LogP contribution in [0.5, 0.6) is 0 Å². The molecule has 0 saturated heterocycles. The number of aromatic nitrogens is 4. The van der Waals surface area contributed by atoms with Crippen molar-refractivity contribution in [3.8, 4) is 5.95 Å². The van der Waals surface area contributed by atoms with Gasteiger partial charge >= 0.3 is 17.8 Å². The molecule has 0 atom stereocenters. The summed E-state index contributed by atoms with van der Waals surface area (Å²) >= 11 is 0. The molecule has 0 bridgehead atoms. The Hall–Kier alpha value is -5.24. The second kappa shape index (κ2) is 11.3. The molecule has 0 unspecified atom stereocenters. The number of nitrogen functional groups attached to an aromatic ring is 1. The summed E-state index contributed by atoms with van der Waals surface area (Å²) in [6.07, 6.45) is 2.87. The van der Waals surface area contributed by atoms with Crippen LogP contribution in [0.4, 0.5) is 34.6 Å². The predicted octanol–water partition coefficient (Wildman–Crippen LogP) is 0.768. The molecular formula is C23H22N9O8S2+. The molecule has 17 nitrogen and oxygen atoms in total. The molecule has 2 aromatic heterocycles. The molecule has 0 radical (unpaired) electrons. The molecule has 4 aromatic rings. The molecule has 2 aromatic carbocycles. The third kappa shape index (κ3) is 7.09. The average Bonchev–Trinajstić information content (AvgIpc) is 2.88. The smallest absolute Gasteiger partial charge is 0.366 e. The minimum Gasteiger partial charge on any atom is -0.366 e. The highest BCUT2D eigenvalue weighted by Crippen LogP contribution is 2.32. The van der Waals surface area contributed by atoms with Gasteiger partial charge in [0, 0.05) is 23.9 Å². The Kier molecular flexibility index (Phi) is 8.02. The summed E-state index contributed by atoms with van der Waals surface area (Å²) in [4.78, 5) is 33.5. The monoisotopic (exact) mass is 616 g/mol. The Labute approximate surface area is 238 Å². The molecule has 0 aliphatic carbocycles. The first-order valence-electron chi connectivity index (χ1n) is 11.5. The number of primary amides is 1. The van der Waals surface area contributed by atoms with Gasteiger partial charge in [-0.25, -0.2) is 4.57 Å². The summed E-state index contributed by atoms with van der Waals surface area (Å²) in [5, 5.41) is 7.69. The van der Waals surface area contributed by atoms with E-state index in [1.54, 1.807) is 0 Å². The molecule has 218 valence electrons. The molecule has 0 saturated carbocycles. The second-order valence-corrected chi connectivity index (χ2v) is 11.3. The lowest BCUT2D eigenvalue weighted by Gasteiger charge is -2.14. The number of nitrogens with two attached hydrogens (primary N) is 2. The van der Waals surface area contributed by atoms with Gasteiger partial charge in [-0.05, 0) is 58.5 Å². The Morgan fingerprint density at radius 1 is 0.810 bits per heavy atom. The van der Waals surface area contributed by atoms with Gasteiger partial charge in [-0.3, -0.25) is 18.7 Å². The maximum Gasteiger partial charge on any atom is 0.444 e. The number of carbonyl (C=O) groups excluding carboxylic acids is 2. The van der Waals surface area contributed by atoms with Gasteiger partial charge in [0.05, 0.1) is 23.8 Å². The van der Waals surface area contributed by atoms with Gasteiger partial charge in [-0.1, -0.05) is 0 Å². The fourth-order valence-corrected chi connectivity index (χ4v) is 4.93. The molecule has 2 heterocycles. The van der Waals surface area contributed by atoms with Gasteiger partial charge in [0.15, 0.2) is 0 Å². The minimum atomic E-state index is -4.88. The predicted molar refractivity (Wildman–Crippen MR) is 148 cm³/mol. The largest absolute Gasteiger partial charge is 0.444 e. The summed E-state index contributed by atoms with van der Waals surface area (Å²) in [6, 6.07) is 9.94. The van der Waals surface area contributed by atoms with Crippen LogP contribution >= 0.6 is 0 Å². The number of rotatable bonds is 9. The number of hydrogen-bond acceptors (Lipinski definition) is 12. The number of amides is 2. The van der Waals surface area contributed by atoms with Gasteiger partial charge in [0.25, 0.3) is 20.2 Å². The van der Waals surface area contributed by atoms with E-state index in [0.29, 0.717) is 0 Å². The average molecular weight is 617 g/mol. The number of nitrogens with one attached hydrogen (secondary N) is 3. The highest BCUT2D eigenvalue weighted by atomic mass is 32.2. The van der Waals surface area contributed by atoms with E-state index in [9.17, 15) is 35.5 Å². The van der Waals surface area contributed by atoms with Crippen molar-refractivity contribution in [2.45, 2.75) is 16.7 Å². The highest BCUT2D eigenvalue weighted by Gasteiger charge is 2.23. The van der Waals surface area contributed by atoms with Crippen LogP contribution in [0.3, 0.4) is 0 Å². The van der Waals surface area contributed by atoms with E-state index >= 15 is 0 Å². The van der Waals surface area contributed by atoms with E-state index in [-0.39, 0.29) is 46.2 Å². The molecule has 19 heteroatoms. The number of nitrogens with zero attached hydrogens (tertiary/aromatic N) is 4. The SMILES string of the molecule is CC(=O)Nc1ccc(Nc2ccc(Nc3nc(N)nc(-[n+]4ccc(C(N)=O)cc4)n3)c(S(=O)(=O)O)c2)c(S(=O)(=O)O)c1. The van der Waals surface area contributed by atoms with Crippen LogP contribution in [0.15, 0.2) is 70.7 Å². The first kappa shape index (κ1) is 29.7. The molecule has 0 aliphatic heterocycles. The number of anilines is 6. The van der Waals surface area contributed by atoms with Gasteiger partial charge in [0.2, 0.25) is 11.8 Å². The summed E-state index contributed by atoms with van der Waals surface area (Å²) < 4.78 is 69.4. The molecule has 9 N–H and O–H groups in total. The van der Waals surface area contributed by atoms with E-state index in [4.69, 9.17) is 11.5 Å². The van der Waals surface area contributed by atoms with Crippen molar-refractivity contribution >= 4 is 66.7 Å². The normalized spacial score (nSPS) is 11.5. The van der Waals surface area contributed by atoms with Crippen molar-refractivity contribution in [3.05, 3.63) is 66.5 Å². The second-order valence-electron chi connectivity index (χ2n) is 8.48. The summed E-state index contributed by atoms with van der Waals surface area (Å²) in [6.45, 7) is 1.21. The van der Waals surface area contributed by atoms with Crippen molar-refractivity contribution < 1.29 is 40.1 Å². The lowest BCUT2D eigenvalue weighted by atomic mass is 10.2. The zero-order chi connectivity index (χ0) is 30.8. The van der Waals surface area contributed by atoms with Gasteiger partial charge in [-0.2, -0.15) is 16.8 Å². The zero-order valence-corrected chi connectivity index (χ0v) is 23.0. The number of hydrogen-bond donors (Lipinski definition) is 7. The van der Waals surface area contributed by atoms with Crippen LogP contribution in [-0.2, 0) is 25.0 Å². The fraction of sp³-hybridized carbons (Fsp3) is 0.0435. The van der Waals surface area contributed by atoms with Crippen LogP contribution in [0.25, 0.3) is 5.95 Å². The van der Waals surface area contributed by atoms with Crippen LogP contribution in [0.2, 0.25) is 0 Å². The summed E-state index contributed by atoms with van der Waals surface area (Å²) in [7, 11) is -9.67. The van der Waals surface area contributed by atoms with E-state index < -0.39 is 41.8 Å².